The summed E-state index contributed by atoms with van der Waals surface area (Å²) in [5, 5.41) is 34.5. The van der Waals surface area contributed by atoms with Gasteiger partial charge in [0.25, 0.3) is 23.2 Å². The average molecular weight is 619 g/mol. The van der Waals surface area contributed by atoms with Gasteiger partial charge in [-0.15, -0.1) is 0 Å². The molecular formula is C33H38N4O8. The fourth-order valence-corrected chi connectivity index (χ4v) is 4.89. The number of hydrogen-bond donors (Lipinski definition) is 2. The summed E-state index contributed by atoms with van der Waals surface area (Å²) >= 11 is 0. The lowest BCUT2D eigenvalue weighted by molar-refractivity contribution is -0.385. The van der Waals surface area contributed by atoms with Gasteiger partial charge in [-0.2, -0.15) is 0 Å². The molecule has 3 rings (SSSR count). The number of carbonyl (C=O) groups excluding carboxylic acids is 2. The standard InChI is InChI=1S/C33H38N4O8/c1-2-3-4-5-6-7-8-9-10-11-20-35(32(39)25-14-18-29(19-15-25)37(44)45)30-22-26(33(40)41)21-27(23-30)34-31(38)24-12-16-28(17-13-24)36(42)43/h12-19,21-23H,2-11,20H2,1H3,(H,34,38)(H,40,41). The summed E-state index contributed by atoms with van der Waals surface area (Å²) in [5.41, 5.74) is 0.116. The van der Waals surface area contributed by atoms with Crippen LogP contribution in [0, 0.1) is 20.2 Å². The highest BCUT2D eigenvalue weighted by molar-refractivity contribution is 6.08. The number of hydrogen-bond acceptors (Lipinski definition) is 7. The lowest BCUT2D eigenvalue weighted by atomic mass is 10.1. The van der Waals surface area contributed by atoms with Crippen LogP contribution < -0.4 is 10.2 Å². The molecule has 0 atom stereocenters. The molecule has 45 heavy (non-hydrogen) atoms. The molecule has 0 unspecified atom stereocenters. The first kappa shape index (κ1) is 34.4. The second-order valence-corrected chi connectivity index (χ2v) is 10.8. The molecule has 238 valence electrons. The van der Waals surface area contributed by atoms with Crippen LogP contribution in [0.15, 0.2) is 66.7 Å². The van der Waals surface area contributed by atoms with Crippen molar-refractivity contribution in [1.82, 2.24) is 0 Å². The number of amides is 2. The van der Waals surface area contributed by atoms with Gasteiger partial charge in [-0.05, 0) is 48.9 Å². The van der Waals surface area contributed by atoms with Crippen LogP contribution in [0.1, 0.15) is 102 Å². The Hall–Kier alpha value is -5.13. The topological polar surface area (TPSA) is 173 Å². The van der Waals surface area contributed by atoms with Gasteiger partial charge in [-0.1, -0.05) is 64.7 Å². The van der Waals surface area contributed by atoms with Crippen LogP contribution >= 0.6 is 0 Å². The van der Waals surface area contributed by atoms with Crippen molar-refractivity contribution in [1.29, 1.82) is 0 Å². The molecule has 0 bridgehead atoms. The number of carboxylic acid groups (broad SMARTS) is 1. The number of non-ortho nitro benzene ring substituents is 2. The van der Waals surface area contributed by atoms with Gasteiger partial charge in [-0.25, -0.2) is 4.79 Å². The Labute approximate surface area is 261 Å². The first-order valence-electron chi connectivity index (χ1n) is 15.1. The molecular weight excluding hydrogens is 580 g/mol. The highest BCUT2D eigenvalue weighted by atomic mass is 16.6. The van der Waals surface area contributed by atoms with Crippen LogP contribution in [0.4, 0.5) is 22.7 Å². The molecule has 12 heteroatoms. The summed E-state index contributed by atoms with van der Waals surface area (Å²) in [5.74, 6) is -2.37. The van der Waals surface area contributed by atoms with E-state index in [1.165, 1.54) is 104 Å². The Bertz CT molecular complexity index is 1490. The number of benzene rings is 3. The summed E-state index contributed by atoms with van der Waals surface area (Å²) in [6.07, 6.45) is 10.8. The van der Waals surface area contributed by atoms with Gasteiger partial charge in [0.1, 0.15) is 0 Å². The van der Waals surface area contributed by atoms with Crippen LogP contribution in [0.25, 0.3) is 0 Å². The van der Waals surface area contributed by atoms with E-state index in [0.29, 0.717) is 6.42 Å². The lowest BCUT2D eigenvalue weighted by Crippen LogP contribution is -2.32. The SMILES string of the molecule is CCCCCCCCCCCCN(C(=O)c1ccc([N+](=O)[O-])cc1)c1cc(NC(=O)c2ccc([N+](=O)[O-])cc2)cc(C(=O)O)c1. The molecule has 2 amide bonds. The number of nitro benzene ring substituents is 2. The number of carbonyl (C=O) groups is 3. The van der Waals surface area contributed by atoms with E-state index in [1.807, 2.05) is 0 Å². The van der Waals surface area contributed by atoms with E-state index < -0.39 is 27.6 Å². The van der Waals surface area contributed by atoms with Crippen molar-refractivity contribution < 1.29 is 29.3 Å². The van der Waals surface area contributed by atoms with E-state index in [0.717, 1.165) is 25.7 Å². The number of rotatable bonds is 18. The fraction of sp³-hybridized carbons (Fsp3) is 0.364. The predicted octanol–water partition coefficient (Wildman–Crippen LogP) is 8.02. The summed E-state index contributed by atoms with van der Waals surface area (Å²) in [4.78, 5) is 61.0. The summed E-state index contributed by atoms with van der Waals surface area (Å²) in [6, 6.07) is 14.2. The lowest BCUT2D eigenvalue weighted by Gasteiger charge is -2.24. The molecule has 0 radical (unpaired) electrons. The van der Waals surface area contributed by atoms with Gasteiger partial charge < -0.3 is 15.3 Å². The van der Waals surface area contributed by atoms with E-state index in [1.54, 1.807) is 0 Å². The van der Waals surface area contributed by atoms with Crippen LogP contribution in [0.5, 0.6) is 0 Å². The summed E-state index contributed by atoms with van der Waals surface area (Å²) in [7, 11) is 0. The highest BCUT2D eigenvalue weighted by Gasteiger charge is 2.22. The van der Waals surface area contributed by atoms with Crippen molar-refractivity contribution in [2.75, 3.05) is 16.8 Å². The number of nitrogens with one attached hydrogen (secondary N) is 1. The maximum atomic E-state index is 13.7. The predicted molar refractivity (Wildman–Crippen MR) is 171 cm³/mol. The molecule has 3 aromatic rings. The molecule has 0 aliphatic rings. The zero-order chi connectivity index (χ0) is 32.8. The third-order valence-corrected chi connectivity index (χ3v) is 7.38. The summed E-state index contributed by atoms with van der Waals surface area (Å²) < 4.78 is 0. The Morgan fingerprint density at radius 3 is 1.67 bits per heavy atom. The first-order chi connectivity index (χ1) is 21.6. The highest BCUT2D eigenvalue weighted by Crippen LogP contribution is 2.27. The number of nitrogens with zero attached hydrogens (tertiary/aromatic N) is 3. The van der Waals surface area contributed by atoms with Crippen LogP contribution in [0.2, 0.25) is 0 Å². The molecule has 2 N–H and O–H groups in total. The molecule has 0 fully saturated rings. The van der Waals surface area contributed by atoms with Gasteiger partial charge in [0.15, 0.2) is 0 Å². The first-order valence-corrected chi connectivity index (χ1v) is 15.1. The monoisotopic (exact) mass is 618 g/mol. The number of aromatic carboxylic acids is 1. The minimum absolute atomic E-state index is 0.109. The Morgan fingerprint density at radius 2 is 1.18 bits per heavy atom. The molecule has 0 aliphatic carbocycles. The molecule has 0 spiro atoms. The van der Waals surface area contributed by atoms with Gasteiger partial charge in [-0.3, -0.25) is 29.8 Å². The van der Waals surface area contributed by atoms with Gasteiger partial charge in [0.05, 0.1) is 15.4 Å². The van der Waals surface area contributed by atoms with Crippen molar-refractivity contribution in [2.24, 2.45) is 0 Å². The van der Waals surface area contributed by atoms with E-state index in [9.17, 15) is 39.7 Å². The third kappa shape index (κ3) is 10.5. The van der Waals surface area contributed by atoms with Crippen molar-refractivity contribution in [3.63, 3.8) is 0 Å². The fourth-order valence-electron chi connectivity index (χ4n) is 4.89. The Kier molecular flexibility index (Phi) is 13.2. The second-order valence-electron chi connectivity index (χ2n) is 10.8. The van der Waals surface area contributed by atoms with Crippen molar-refractivity contribution >= 4 is 40.5 Å². The minimum atomic E-state index is -1.27. The van der Waals surface area contributed by atoms with Gasteiger partial charge in [0.2, 0.25) is 0 Å². The molecule has 3 aromatic carbocycles. The van der Waals surface area contributed by atoms with Crippen molar-refractivity contribution in [3.05, 3.63) is 104 Å². The zero-order valence-corrected chi connectivity index (χ0v) is 25.3. The van der Waals surface area contributed by atoms with E-state index >= 15 is 0 Å². The average Bonchev–Trinajstić information content (AvgIpc) is 3.03. The van der Waals surface area contributed by atoms with E-state index in [-0.39, 0.29) is 46.0 Å². The Morgan fingerprint density at radius 1 is 0.689 bits per heavy atom. The normalized spacial score (nSPS) is 10.7. The van der Waals surface area contributed by atoms with Crippen molar-refractivity contribution in [3.8, 4) is 0 Å². The third-order valence-electron chi connectivity index (χ3n) is 7.38. The molecule has 12 nitrogen and oxygen atoms in total. The molecule has 0 saturated carbocycles. The molecule has 0 saturated heterocycles. The maximum absolute atomic E-state index is 13.7. The second kappa shape index (κ2) is 17.2. The molecule has 0 heterocycles. The minimum Gasteiger partial charge on any atom is -0.478 e. The van der Waals surface area contributed by atoms with Crippen molar-refractivity contribution in [2.45, 2.75) is 71.1 Å². The molecule has 0 aromatic heterocycles. The Balaban J connectivity index is 1.82. The van der Waals surface area contributed by atoms with E-state index in [4.69, 9.17) is 0 Å². The van der Waals surface area contributed by atoms with Crippen LogP contribution in [-0.2, 0) is 0 Å². The zero-order valence-electron chi connectivity index (χ0n) is 25.3. The number of carboxylic acids is 1. The number of nitro groups is 2. The largest absolute Gasteiger partial charge is 0.478 e. The summed E-state index contributed by atoms with van der Waals surface area (Å²) in [6.45, 7) is 2.44. The maximum Gasteiger partial charge on any atom is 0.335 e. The van der Waals surface area contributed by atoms with E-state index in [2.05, 4.69) is 12.2 Å². The van der Waals surface area contributed by atoms with Crippen LogP contribution in [0.3, 0.4) is 0 Å². The smallest absolute Gasteiger partial charge is 0.335 e. The quantitative estimate of drug-likeness (QED) is 0.0818. The number of unbranched alkanes of at least 4 members (excludes halogenated alkanes) is 9. The number of anilines is 2. The van der Waals surface area contributed by atoms with Gasteiger partial charge in [0, 0.05) is 53.3 Å². The molecule has 0 aliphatic heterocycles. The van der Waals surface area contributed by atoms with Gasteiger partial charge >= 0.3 is 5.97 Å². The van der Waals surface area contributed by atoms with Crippen LogP contribution in [-0.4, -0.2) is 39.3 Å².